The molecule has 0 spiro atoms. The second-order valence-corrected chi connectivity index (χ2v) is 7.33. The number of ether oxygens (including phenoxy) is 3. The van der Waals surface area contributed by atoms with Crippen molar-refractivity contribution in [2.24, 2.45) is 0 Å². The van der Waals surface area contributed by atoms with Crippen LogP contribution in [0.25, 0.3) is 12.2 Å². The third-order valence-corrected chi connectivity index (χ3v) is 4.89. The number of aromatic nitrogens is 1. The van der Waals surface area contributed by atoms with Crippen molar-refractivity contribution >= 4 is 12.2 Å². The van der Waals surface area contributed by atoms with Gasteiger partial charge in [0.1, 0.15) is 17.1 Å². The van der Waals surface area contributed by atoms with Crippen LogP contribution in [0.4, 0.5) is 0 Å². The van der Waals surface area contributed by atoms with Crippen molar-refractivity contribution in [1.29, 1.82) is 0 Å². The number of pyridine rings is 1. The topological polar surface area (TPSA) is 40.6 Å². The van der Waals surface area contributed by atoms with Gasteiger partial charge in [-0.1, -0.05) is 18.2 Å². The molecule has 0 saturated heterocycles. The van der Waals surface area contributed by atoms with Crippen LogP contribution in [0, 0.1) is 13.8 Å². The molecule has 1 aliphatic heterocycles. The Morgan fingerprint density at radius 2 is 2.04 bits per heavy atom. The summed E-state index contributed by atoms with van der Waals surface area (Å²) in [6, 6.07) is 3.97. The van der Waals surface area contributed by atoms with Crippen LogP contribution in [0.2, 0.25) is 0 Å². The Labute approximate surface area is 155 Å². The quantitative estimate of drug-likeness (QED) is 0.713. The third kappa shape index (κ3) is 3.75. The van der Waals surface area contributed by atoms with Crippen LogP contribution >= 0.6 is 0 Å². The molecule has 0 fully saturated rings. The van der Waals surface area contributed by atoms with Crippen LogP contribution in [0.3, 0.4) is 0 Å². The fraction of sp³-hybridized carbons (Fsp3) is 0.409. The van der Waals surface area contributed by atoms with Crippen LogP contribution in [0.5, 0.6) is 11.5 Å². The van der Waals surface area contributed by atoms with Crippen molar-refractivity contribution in [2.75, 3.05) is 13.9 Å². The zero-order valence-corrected chi connectivity index (χ0v) is 16.3. The summed E-state index contributed by atoms with van der Waals surface area (Å²) in [7, 11) is 1.64. The van der Waals surface area contributed by atoms with Crippen molar-refractivity contribution in [3.63, 3.8) is 0 Å². The van der Waals surface area contributed by atoms with E-state index in [1.54, 1.807) is 13.3 Å². The van der Waals surface area contributed by atoms with Gasteiger partial charge in [0.25, 0.3) is 0 Å². The van der Waals surface area contributed by atoms with Gasteiger partial charge in [0.2, 0.25) is 0 Å². The van der Waals surface area contributed by atoms with Gasteiger partial charge in [-0.2, -0.15) is 0 Å². The van der Waals surface area contributed by atoms with Gasteiger partial charge < -0.3 is 14.2 Å². The number of hydrogen-bond acceptors (Lipinski definition) is 4. The number of hydrogen-bond donors (Lipinski definition) is 0. The number of methoxy groups -OCH3 is 1. The molecule has 0 aliphatic carbocycles. The van der Waals surface area contributed by atoms with Crippen molar-refractivity contribution in [3.8, 4) is 11.5 Å². The first-order valence-electron chi connectivity index (χ1n) is 8.98. The first-order chi connectivity index (χ1) is 12.4. The average Bonchev–Trinajstić information content (AvgIpc) is 2.63. The molecule has 4 heteroatoms. The van der Waals surface area contributed by atoms with E-state index < -0.39 is 0 Å². The maximum Gasteiger partial charge on any atom is 0.188 e. The van der Waals surface area contributed by atoms with E-state index in [4.69, 9.17) is 14.2 Å². The molecule has 0 amide bonds. The highest BCUT2D eigenvalue weighted by Crippen LogP contribution is 2.44. The Morgan fingerprint density at radius 3 is 2.73 bits per heavy atom. The van der Waals surface area contributed by atoms with E-state index in [-0.39, 0.29) is 12.4 Å². The molecule has 0 N–H and O–H groups in total. The lowest BCUT2D eigenvalue weighted by atomic mass is 9.87. The summed E-state index contributed by atoms with van der Waals surface area (Å²) in [5.74, 6) is 1.86. The molecule has 26 heavy (non-hydrogen) atoms. The molecule has 4 nitrogen and oxygen atoms in total. The molecule has 1 aliphatic rings. The number of nitrogens with zero attached hydrogens (tertiary/aromatic N) is 1. The number of rotatable bonds is 5. The molecular weight excluding hydrogens is 326 g/mol. The number of fused-ring (bicyclic) bond motifs is 1. The second kappa shape index (κ2) is 7.50. The summed E-state index contributed by atoms with van der Waals surface area (Å²) < 4.78 is 17.5. The molecule has 0 atom stereocenters. The Balaban J connectivity index is 2.13. The zero-order chi connectivity index (χ0) is 18.7. The summed E-state index contributed by atoms with van der Waals surface area (Å²) in [6.07, 6.45) is 9.72. The normalized spacial score (nSPS) is 15.6. The van der Waals surface area contributed by atoms with Gasteiger partial charge in [-0.3, -0.25) is 4.98 Å². The standard InChI is InChI=1S/C22H27NO3/c1-15-16(2)21-19(10-11-22(3,4)26-21)18(20(15)25-14-24-5)9-8-17-7-6-12-23-13-17/h6-9,12-13H,10-11,14H2,1-5H3/b9-8+. The molecule has 2 heterocycles. The minimum absolute atomic E-state index is 0.149. The monoisotopic (exact) mass is 353 g/mol. The van der Waals surface area contributed by atoms with E-state index in [1.165, 1.54) is 5.56 Å². The van der Waals surface area contributed by atoms with Crippen molar-refractivity contribution in [3.05, 3.63) is 52.3 Å². The van der Waals surface area contributed by atoms with E-state index in [1.807, 2.05) is 18.3 Å². The molecule has 2 aromatic rings. The summed E-state index contributed by atoms with van der Waals surface area (Å²) in [5, 5.41) is 0. The maximum atomic E-state index is 6.35. The molecular formula is C22H27NO3. The lowest BCUT2D eigenvalue weighted by Crippen LogP contribution is -2.33. The summed E-state index contributed by atoms with van der Waals surface area (Å²) in [5.41, 5.74) is 5.40. The van der Waals surface area contributed by atoms with Gasteiger partial charge in [-0.05, 0) is 63.3 Å². The second-order valence-electron chi connectivity index (χ2n) is 7.33. The van der Waals surface area contributed by atoms with Crippen molar-refractivity contribution in [2.45, 2.75) is 46.1 Å². The predicted octanol–water partition coefficient (Wildman–Crippen LogP) is 4.96. The SMILES string of the molecule is COCOc1c(C)c(C)c2c(c1/C=C/c1cccnc1)CCC(C)(C)O2. The van der Waals surface area contributed by atoms with Crippen LogP contribution < -0.4 is 9.47 Å². The van der Waals surface area contributed by atoms with Gasteiger partial charge in [0.05, 0.1) is 0 Å². The molecule has 3 rings (SSSR count). The minimum Gasteiger partial charge on any atom is -0.487 e. The van der Waals surface area contributed by atoms with Gasteiger partial charge in [0, 0.05) is 30.6 Å². The fourth-order valence-corrected chi connectivity index (χ4v) is 3.30. The van der Waals surface area contributed by atoms with E-state index in [0.717, 1.165) is 46.6 Å². The molecule has 0 saturated carbocycles. The summed E-state index contributed by atoms with van der Waals surface area (Å²) in [4.78, 5) is 4.18. The van der Waals surface area contributed by atoms with Crippen LogP contribution in [-0.4, -0.2) is 24.5 Å². The van der Waals surface area contributed by atoms with E-state index in [2.05, 4.69) is 44.8 Å². The predicted molar refractivity (Wildman–Crippen MR) is 105 cm³/mol. The highest BCUT2D eigenvalue weighted by molar-refractivity contribution is 5.78. The molecule has 0 radical (unpaired) electrons. The molecule has 0 bridgehead atoms. The van der Waals surface area contributed by atoms with E-state index >= 15 is 0 Å². The first kappa shape index (κ1) is 18.5. The number of benzene rings is 1. The molecule has 138 valence electrons. The summed E-state index contributed by atoms with van der Waals surface area (Å²) >= 11 is 0. The smallest absolute Gasteiger partial charge is 0.188 e. The minimum atomic E-state index is -0.149. The highest BCUT2D eigenvalue weighted by Gasteiger charge is 2.31. The van der Waals surface area contributed by atoms with Crippen molar-refractivity contribution < 1.29 is 14.2 Å². The van der Waals surface area contributed by atoms with Crippen LogP contribution in [-0.2, 0) is 11.2 Å². The van der Waals surface area contributed by atoms with Crippen LogP contribution in [0.1, 0.15) is 48.1 Å². The Morgan fingerprint density at radius 1 is 1.23 bits per heavy atom. The van der Waals surface area contributed by atoms with Crippen molar-refractivity contribution in [1.82, 2.24) is 4.98 Å². The average molecular weight is 353 g/mol. The molecule has 0 unspecified atom stereocenters. The molecule has 1 aromatic heterocycles. The lowest BCUT2D eigenvalue weighted by molar-refractivity contribution is 0.0494. The van der Waals surface area contributed by atoms with Gasteiger partial charge in [-0.15, -0.1) is 0 Å². The maximum absolute atomic E-state index is 6.35. The van der Waals surface area contributed by atoms with Gasteiger partial charge >= 0.3 is 0 Å². The van der Waals surface area contributed by atoms with Gasteiger partial charge in [-0.25, -0.2) is 0 Å². The third-order valence-electron chi connectivity index (χ3n) is 4.89. The Kier molecular flexibility index (Phi) is 5.33. The van der Waals surface area contributed by atoms with E-state index in [9.17, 15) is 0 Å². The lowest BCUT2D eigenvalue weighted by Gasteiger charge is -2.35. The first-order valence-corrected chi connectivity index (χ1v) is 8.98. The zero-order valence-electron chi connectivity index (χ0n) is 16.3. The Bertz CT molecular complexity index is 810. The summed E-state index contributed by atoms with van der Waals surface area (Å²) in [6.45, 7) is 8.69. The fourth-order valence-electron chi connectivity index (χ4n) is 3.30. The largest absolute Gasteiger partial charge is 0.487 e. The highest BCUT2D eigenvalue weighted by atomic mass is 16.7. The van der Waals surface area contributed by atoms with Crippen LogP contribution in [0.15, 0.2) is 24.5 Å². The van der Waals surface area contributed by atoms with E-state index in [0.29, 0.717) is 0 Å². The van der Waals surface area contributed by atoms with Gasteiger partial charge in [0.15, 0.2) is 6.79 Å². The Hall–Kier alpha value is -2.33. The molecule has 1 aromatic carbocycles.